The van der Waals surface area contributed by atoms with Crippen LogP contribution in [0.2, 0.25) is 0 Å². The first-order valence-corrected chi connectivity index (χ1v) is 19.0. The van der Waals surface area contributed by atoms with Crippen molar-refractivity contribution < 1.29 is 0 Å². The van der Waals surface area contributed by atoms with E-state index in [1.54, 1.807) is 0 Å². The molecule has 0 atom stereocenters. The van der Waals surface area contributed by atoms with Gasteiger partial charge < -0.3 is 9.13 Å². The van der Waals surface area contributed by atoms with Gasteiger partial charge in [-0.3, -0.25) is 0 Å². The number of hydrogen-bond donors (Lipinski definition) is 0. The quantitative estimate of drug-likeness (QED) is 0.163. The first kappa shape index (κ1) is 29.0. The lowest BCUT2D eigenvalue weighted by Gasteiger charge is -2.12. The van der Waals surface area contributed by atoms with Crippen molar-refractivity contribution in [3.8, 4) is 22.5 Å². The fourth-order valence-corrected chi connectivity index (χ4v) is 9.94. The van der Waals surface area contributed by atoms with Gasteiger partial charge in [0.15, 0.2) is 0 Å². The number of thiophene rings is 1. The molecule has 3 heterocycles. The summed E-state index contributed by atoms with van der Waals surface area (Å²) in [4.78, 5) is 0. The van der Waals surface area contributed by atoms with Crippen LogP contribution >= 0.6 is 11.3 Å². The van der Waals surface area contributed by atoms with Crippen molar-refractivity contribution >= 4 is 96.7 Å². The van der Waals surface area contributed by atoms with Crippen molar-refractivity contribution in [2.24, 2.45) is 0 Å². The molecule has 0 saturated heterocycles. The van der Waals surface area contributed by atoms with E-state index in [1.807, 2.05) is 11.3 Å². The maximum absolute atomic E-state index is 2.44. The molecule has 2 nitrogen and oxygen atoms in total. The second-order valence-corrected chi connectivity index (χ2v) is 15.2. The number of benzene rings is 9. The van der Waals surface area contributed by atoms with E-state index in [2.05, 4.69) is 191 Å². The van der Waals surface area contributed by atoms with Gasteiger partial charge in [-0.25, -0.2) is 0 Å². The predicted molar refractivity (Wildman–Crippen MR) is 228 cm³/mol. The molecule has 0 saturated carbocycles. The summed E-state index contributed by atoms with van der Waals surface area (Å²) in [6.45, 7) is 0. The summed E-state index contributed by atoms with van der Waals surface area (Å²) in [6, 6.07) is 67.4. The lowest BCUT2D eigenvalue weighted by Crippen LogP contribution is -1.94. The van der Waals surface area contributed by atoms with Gasteiger partial charge in [0.2, 0.25) is 0 Å². The van der Waals surface area contributed by atoms with Crippen LogP contribution < -0.4 is 0 Å². The Kier molecular flexibility index (Phi) is 5.96. The molecular weight excluding hydrogens is 661 g/mol. The van der Waals surface area contributed by atoms with Crippen LogP contribution in [0.4, 0.5) is 0 Å². The SMILES string of the molecule is c1ccc2c(c1)ccc1cc(-n3c4ccccc4c4ccc(-c5ccc6c(c5)c5ccccc5n6-c5ccc6sc7ccccc7c6c5)cc43)ccc12. The Hall–Kier alpha value is -6.68. The van der Waals surface area contributed by atoms with Gasteiger partial charge >= 0.3 is 0 Å². The summed E-state index contributed by atoms with van der Waals surface area (Å²) in [7, 11) is 0. The number of hydrogen-bond acceptors (Lipinski definition) is 1. The van der Waals surface area contributed by atoms with Gasteiger partial charge in [-0.1, -0.05) is 115 Å². The van der Waals surface area contributed by atoms with E-state index in [9.17, 15) is 0 Å². The molecule has 0 radical (unpaired) electrons. The van der Waals surface area contributed by atoms with Gasteiger partial charge in [0.1, 0.15) is 0 Å². The maximum Gasteiger partial charge on any atom is 0.0547 e. The van der Waals surface area contributed by atoms with Crippen molar-refractivity contribution in [1.29, 1.82) is 0 Å². The smallest absolute Gasteiger partial charge is 0.0547 e. The molecule has 12 rings (SSSR count). The van der Waals surface area contributed by atoms with Crippen LogP contribution in [-0.2, 0) is 0 Å². The van der Waals surface area contributed by atoms with Crippen molar-refractivity contribution in [1.82, 2.24) is 9.13 Å². The lowest BCUT2D eigenvalue weighted by atomic mass is 10.0. The Labute approximate surface area is 309 Å². The van der Waals surface area contributed by atoms with Crippen LogP contribution in [0.5, 0.6) is 0 Å². The Morgan fingerprint density at radius 2 is 0.830 bits per heavy atom. The molecule has 0 aliphatic rings. The van der Waals surface area contributed by atoms with Crippen molar-refractivity contribution in [2.75, 3.05) is 0 Å². The molecule has 9 aromatic carbocycles. The highest BCUT2D eigenvalue weighted by atomic mass is 32.1. The summed E-state index contributed by atoms with van der Waals surface area (Å²) in [5, 5.41) is 12.8. The predicted octanol–water partition coefficient (Wildman–Crippen LogP) is 14.2. The van der Waals surface area contributed by atoms with Gasteiger partial charge in [-0.15, -0.1) is 11.3 Å². The molecule has 0 N–H and O–H groups in total. The van der Waals surface area contributed by atoms with E-state index in [-0.39, 0.29) is 0 Å². The zero-order chi connectivity index (χ0) is 34.6. The fraction of sp³-hybridized carbons (Fsp3) is 0. The van der Waals surface area contributed by atoms with Crippen molar-refractivity contribution in [3.05, 3.63) is 182 Å². The largest absolute Gasteiger partial charge is 0.309 e. The molecule has 3 aromatic heterocycles. The summed E-state index contributed by atoms with van der Waals surface area (Å²) in [5.74, 6) is 0. The average molecular weight is 691 g/mol. The van der Waals surface area contributed by atoms with Gasteiger partial charge in [-0.2, -0.15) is 0 Å². The van der Waals surface area contributed by atoms with E-state index in [0.29, 0.717) is 0 Å². The van der Waals surface area contributed by atoms with E-state index >= 15 is 0 Å². The second-order valence-electron chi connectivity index (χ2n) is 14.1. The third kappa shape index (κ3) is 4.20. The summed E-state index contributed by atoms with van der Waals surface area (Å²) in [5.41, 5.74) is 9.64. The van der Waals surface area contributed by atoms with Crippen LogP contribution in [0.15, 0.2) is 182 Å². The second kappa shape index (κ2) is 10.9. The van der Waals surface area contributed by atoms with Gasteiger partial charge in [0.05, 0.1) is 22.1 Å². The van der Waals surface area contributed by atoms with E-state index in [1.165, 1.54) is 108 Å². The molecule has 0 aliphatic carbocycles. The molecule has 0 bridgehead atoms. The minimum Gasteiger partial charge on any atom is -0.309 e. The molecule has 53 heavy (non-hydrogen) atoms. The molecule has 0 spiro atoms. The minimum atomic E-state index is 1.17. The van der Waals surface area contributed by atoms with Gasteiger partial charge in [0, 0.05) is 53.1 Å². The number of rotatable bonds is 3. The lowest BCUT2D eigenvalue weighted by molar-refractivity contribution is 1.19. The monoisotopic (exact) mass is 690 g/mol. The maximum atomic E-state index is 2.44. The van der Waals surface area contributed by atoms with E-state index in [0.717, 1.165) is 0 Å². The Morgan fingerprint density at radius 3 is 1.70 bits per heavy atom. The molecule has 0 fully saturated rings. The fourth-order valence-electron chi connectivity index (χ4n) is 8.85. The zero-order valence-corrected chi connectivity index (χ0v) is 29.4. The van der Waals surface area contributed by atoms with E-state index in [4.69, 9.17) is 0 Å². The zero-order valence-electron chi connectivity index (χ0n) is 28.6. The number of fused-ring (bicyclic) bond motifs is 12. The summed E-state index contributed by atoms with van der Waals surface area (Å²) >= 11 is 1.87. The van der Waals surface area contributed by atoms with Gasteiger partial charge in [-0.05, 0) is 99.4 Å². The highest BCUT2D eigenvalue weighted by Gasteiger charge is 2.17. The van der Waals surface area contributed by atoms with Crippen LogP contribution in [0.25, 0.3) is 108 Å². The summed E-state index contributed by atoms with van der Waals surface area (Å²) < 4.78 is 7.53. The standard InChI is InChI=1S/C50H30N2S/c1-2-10-37-31(9-1)17-18-34-27-35(21-24-38(34)37)52-45-14-6-3-11-39(45)41-23-19-33(29-48(41)52)32-20-25-47-43(28-32)40-12-4-7-15-46(40)51(47)36-22-26-50-44(30-36)42-13-5-8-16-49(42)53-50/h1-30H. The molecule has 0 unspecified atom stereocenters. The molecule has 3 heteroatoms. The highest BCUT2D eigenvalue weighted by Crippen LogP contribution is 2.40. The van der Waals surface area contributed by atoms with Crippen LogP contribution in [0.1, 0.15) is 0 Å². The van der Waals surface area contributed by atoms with Crippen LogP contribution in [0.3, 0.4) is 0 Å². The Balaban J connectivity index is 1.05. The molecule has 246 valence electrons. The number of nitrogens with zero attached hydrogens (tertiary/aromatic N) is 2. The van der Waals surface area contributed by atoms with Crippen molar-refractivity contribution in [3.63, 3.8) is 0 Å². The molecule has 0 amide bonds. The third-order valence-corrected chi connectivity index (χ3v) is 12.4. The van der Waals surface area contributed by atoms with Crippen molar-refractivity contribution in [2.45, 2.75) is 0 Å². The first-order valence-electron chi connectivity index (χ1n) is 18.2. The van der Waals surface area contributed by atoms with Crippen LogP contribution in [0, 0.1) is 0 Å². The highest BCUT2D eigenvalue weighted by molar-refractivity contribution is 7.25. The van der Waals surface area contributed by atoms with Crippen LogP contribution in [-0.4, -0.2) is 9.13 Å². The number of para-hydroxylation sites is 2. The first-order chi connectivity index (χ1) is 26.3. The molecule has 0 aliphatic heterocycles. The number of aromatic nitrogens is 2. The normalized spacial score (nSPS) is 12.2. The molecular formula is C50H30N2S. The third-order valence-electron chi connectivity index (χ3n) is 11.3. The Morgan fingerprint density at radius 1 is 0.283 bits per heavy atom. The molecule has 12 aromatic rings. The topological polar surface area (TPSA) is 9.86 Å². The van der Waals surface area contributed by atoms with Gasteiger partial charge in [0.25, 0.3) is 0 Å². The minimum absolute atomic E-state index is 1.17. The average Bonchev–Trinajstić information content (AvgIpc) is 3.87. The Bertz CT molecular complexity index is 3470. The summed E-state index contributed by atoms with van der Waals surface area (Å²) in [6.07, 6.45) is 0. The van der Waals surface area contributed by atoms with E-state index < -0.39 is 0 Å².